The molecule has 3 nitrogen and oxygen atoms in total. The van der Waals surface area contributed by atoms with E-state index in [0.717, 1.165) is 0 Å². The Balaban J connectivity index is 1.93. The highest BCUT2D eigenvalue weighted by atomic mass is 15.3. The van der Waals surface area contributed by atoms with Crippen molar-refractivity contribution >= 4 is 0 Å². The molecular weight excluding hydrogens is 246 g/mol. The van der Waals surface area contributed by atoms with Crippen molar-refractivity contribution in [3.63, 3.8) is 0 Å². The van der Waals surface area contributed by atoms with Crippen LogP contribution in [-0.2, 0) is 0 Å². The lowest BCUT2D eigenvalue weighted by atomic mass is 9.73. The van der Waals surface area contributed by atoms with Crippen molar-refractivity contribution in [2.24, 2.45) is 5.41 Å². The van der Waals surface area contributed by atoms with Gasteiger partial charge in [-0.2, -0.15) is 0 Å². The third kappa shape index (κ3) is 4.44. The maximum atomic E-state index is 3.73. The molecule has 0 aromatic rings. The summed E-state index contributed by atoms with van der Waals surface area (Å²) in [6.07, 6.45) is 7.16. The van der Waals surface area contributed by atoms with Crippen LogP contribution in [0, 0.1) is 5.41 Å². The van der Waals surface area contributed by atoms with Crippen LogP contribution >= 0.6 is 0 Å². The Bertz CT molecular complexity index is 284. The Hall–Kier alpha value is -0.120. The number of rotatable bonds is 5. The molecule has 1 unspecified atom stereocenters. The molecule has 0 aromatic carbocycles. The van der Waals surface area contributed by atoms with E-state index in [-0.39, 0.29) is 0 Å². The van der Waals surface area contributed by atoms with E-state index < -0.39 is 0 Å². The summed E-state index contributed by atoms with van der Waals surface area (Å²) in [6.45, 7) is 13.2. The molecule has 1 aliphatic heterocycles. The van der Waals surface area contributed by atoms with Gasteiger partial charge in [-0.05, 0) is 32.2 Å². The number of piperazine rings is 1. The quantitative estimate of drug-likeness (QED) is 0.835. The molecule has 0 radical (unpaired) electrons. The van der Waals surface area contributed by atoms with Crippen molar-refractivity contribution in [1.29, 1.82) is 0 Å². The molecule has 0 amide bonds. The first-order chi connectivity index (χ1) is 9.51. The molecule has 2 aliphatic rings. The Morgan fingerprint density at radius 2 is 1.85 bits per heavy atom. The lowest BCUT2D eigenvalue weighted by Gasteiger charge is -2.45. The van der Waals surface area contributed by atoms with Gasteiger partial charge in [0.15, 0.2) is 0 Å². The zero-order chi connectivity index (χ0) is 14.6. The van der Waals surface area contributed by atoms with Crippen molar-refractivity contribution < 1.29 is 0 Å². The van der Waals surface area contributed by atoms with Gasteiger partial charge in [0.05, 0.1) is 0 Å². The molecule has 1 saturated heterocycles. The van der Waals surface area contributed by atoms with Crippen molar-refractivity contribution in [3.8, 4) is 0 Å². The van der Waals surface area contributed by atoms with E-state index in [1.165, 1.54) is 64.8 Å². The van der Waals surface area contributed by atoms with Gasteiger partial charge in [0.1, 0.15) is 0 Å². The molecule has 20 heavy (non-hydrogen) atoms. The van der Waals surface area contributed by atoms with Gasteiger partial charge < -0.3 is 10.2 Å². The molecule has 1 atom stereocenters. The third-order valence-corrected chi connectivity index (χ3v) is 5.40. The highest BCUT2D eigenvalue weighted by Crippen LogP contribution is 2.37. The second-order valence-corrected chi connectivity index (χ2v) is 7.66. The Morgan fingerprint density at radius 1 is 1.15 bits per heavy atom. The summed E-state index contributed by atoms with van der Waals surface area (Å²) in [4.78, 5) is 5.23. The number of hydrogen-bond donors (Lipinski definition) is 1. The minimum atomic E-state index is 0.540. The maximum Gasteiger partial charge on any atom is 0.0192 e. The maximum absolute atomic E-state index is 3.73. The van der Waals surface area contributed by atoms with Gasteiger partial charge in [-0.3, -0.25) is 4.90 Å². The van der Waals surface area contributed by atoms with Gasteiger partial charge >= 0.3 is 0 Å². The molecule has 1 aliphatic carbocycles. The first-order valence-corrected chi connectivity index (χ1v) is 8.67. The highest BCUT2D eigenvalue weighted by molar-refractivity contribution is 4.90. The van der Waals surface area contributed by atoms with Crippen LogP contribution in [0.2, 0.25) is 0 Å². The molecular formula is C17H35N3. The fourth-order valence-electron chi connectivity index (χ4n) is 3.86. The van der Waals surface area contributed by atoms with Gasteiger partial charge in [-0.25, -0.2) is 0 Å². The van der Waals surface area contributed by atoms with Crippen LogP contribution in [0.5, 0.6) is 0 Å². The Kier molecular flexibility index (Phi) is 5.88. The fraction of sp³-hybridized carbons (Fsp3) is 1.00. The second kappa shape index (κ2) is 7.24. The Labute approximate surface area is 126 Å². The largest absolute Gasteiger partial charge is 0.314 e. The lowest BCUT2D eigenvalue weighted by Crippen LogP contribution is -2.54. The predicted octanol–water partition coefficient (Wildman–Crippen LogP) is 2.57. The van der Waals surface area contributed by atoms with Gasteiger partial charge in [-0.1, -0.05) is 33.1 Å². The molecule has 2 rings (SSSR count). The van der Waals surface area contributed by atoms with Crippen molar-refractivity contribution in [1.82, 2.24) is 15.1 Å². The lowest BCUT2D eigenvalue weighted by molar-refractivity contribution is 0.0458. The number of nitrogens with zero attached hydrogens (tertiary/aromatic N) is 2. The summed E-state index contributed by atoms with van der Waals surface area (Å²) in [5, 5.41) is 3.73. The zero-order valence-electron chi connectivity index (χ0n) is 14.1. The van der Waals surface area contributed by atoms with E-state index >= 15 is 0 Å². The average Bonchev–Trinajstić information content (AvgIpc) is 2.42. The molecule has 1 saturated carbocycles. The van der Waals surface area contributed by atoms with Gasteiger partial charge in [0.2, 0.25) is 0 Å². The van der Waals surface area contributed by atoms with Crippen molar-refractivity contribution in [2.75, 3.05) is 39.8 Å². The molecule has 0 bridgehead atoms. The number of nitrogens with one attached hydrogen (secondary N) is 1. The normalized spacial score (nSPS) is 28.9. The summed E-state index contributed by atoms with van der Waals surface area (Å²) in [6, 6.07) is 1.32. The van der Waals surface area contributed by atoms with Crippen LogP contribution in [0.25, 0.3) is 0 Å². The van der Waals surface area contributed by atoms with Gasteiger partial charge in [-0.15, -0.1) is 0 Å². The highest BCUT2D eigenvalue weighted by Gasteiger charge is 2.35. The predicted molar refractivity (Wildman–Crippen MR) is 87.2 cm³/mol. The fourth-order valence-corrected chi connectivity index (χ4v) is 3.86. The second-order valence-electron chi connectivity index (χ2n) is 7.66. The minimum Gasteiger partial charge on any atom is -0.314 e. The Morgan fingerprint density at radius 3 is 2.45 bits per heavy atom. The zero-order valence-corrected chi connectivity index (χ0v) is 14.1. The van der Waals surface area contributed by atoms with Crippen LogP contribution in [0.15, 0.2) is 0 Å². The van der Waals surface area contributed by atoms with Crippen LogP contribution in [0.4, 0.5) is 0 Å². The topological polar surface area (TPSA) is 18.5 Å². The van der Waals surface area contributed by atoms with Crippen LogP contribution < -0.4 is 5.32 Å². The summed E-state index contributed by atoms with van der Waals surface area (Å²) >= 11 is 0. The summed E-state index contributed by atoms with van der Waals surface area (Å²) < 4.78 is 0. The van der Waals surface area contributed by atoms with Crippen molar-refractivity contribution in [3.05, 3.63) is 0 Å². The molecule has 0 spiro atoms. The first-order valence-electron chi connectivity index (χ1n) is 8.67. The molecule has 118 valence electrons. The number of hydrogen-bond acceptors (Lipinski definition) is 3. The average molecular weight is 281 g/mol. The van der Waals surface area contributed by atoms with Crippen molar-refractivity contribution in [2.45, 2.75) is 65.0 Å². The van der Waals surface area contributed by atoms with Gasteiger partial charge in [0, 0.05) is 44.8 Å². The number of likely N-dealkylation sites (N-methyl/N-ethyl adjacent to an activating group) is 1. The molecule has 1 heterocycles. The molecule has 3 heteroatoms. The summed E-state index contributed by atoms with van der Waals surface area (Å²) in [7, 11) is 2.26. The van der Waals surface area contributed by atoms with E-state index in [9.17, 15) is 0 Å². The van der Waals surface area contributed by atoms with E-state index in [1.54, 1.807) is 0 Å². The van der Waals surface area contributed by atoms with E-state index in [2.05, 4.69) is 42.9 Å². The van der Waals surface area contributed by atoms with Crippen LogP contribution in [0.1, 0.15) is 52.9 Å². The monoisotopic (exact) mass is 281 g/mol. The molecule has 0 aromatic heterocycles. The van der Waals surface area contributed by atoms with Crippen LogP contribution in [0.3, 0.4) is 0 Å². The minimum absolute atomic E-state index is 0.540. The van der Waals surface area contributed by atoms with E-state index in [4.69, 9.17) is 0 Å². The smallest absolute Gasteiger partial charge is 0.0192 e. The molecule has 1 N–H and O–H groups in total. The van der Waals surface area contributed by atoms with Crippen LogP contribution in [-0.4, -0.2) is 61.7 Å². The summed E-state index contributed by atoms with van der Waals surface area (Å²) in [5.41, 5.74) is 0.540. The third-order valence-electron chi connectivity index (χ3n) is 5.40. The standard InChI is InChI=1S/C17H35N3/c1-15(2)18-13-17(8-6-5-7-9-17)14-20-11-10-19(4)16(3)12-20/h15-16,18H,5-14H2,1-4H3. The van der Waals surface area contributed by atoms with Gasteiger partial charge in [0.25, 0.3) is 0 Å². The van der Waals surface area contributed by atoms with E-state index in [0.29, 0.717) is 17.5 Å². The van der Waals surface area contributed by atoms with E-state index in [1.807, 2.05) is 0 Å². The summed E-state index contributed by atoms with van der Waals surface area (Å²) in [5.74, 6) is 0. The SMILES string of the molecule is CC(C)NCC1(CN2CCN(C)C(C)C2)CCCCC1. The molecule has 2 fully saturated rings. The first kappa shape index (κ1) is 16.3.